The van der Waals surface area contributed by atoms with Crippen LogP contribution in [-0.2, 0) is 9.59 Å². The summed E-state index contributed by atoms with van der Waals surface area (Å²) in [6.07, 6.45) is 8.75. The molecule has 0 amide bonds. The van der Waals surface area contributed by atoms with E-state index in [1.807, 2.05) is 26.0 Å². The Bertz CT molecular complexity index is 188. The van der Waals surface area contributed by atoms with Crippen molar-refractivity contribution in [1.82, 2.24) is 0 Å². The molecule has 2 nitrogen and oxygen atoms in total. The lowest BCUT2D eigenvalue weighted by Crippen LogP contribution is -1.77. The number of carbonyl (C=O) groups is 2. The molecule has 0 aliphatic rings. The molecule has 0 aromatic rings. The third-order valence-electron chi connectivity index (χ3n) is 1.18. The monoisotopic (exact) mass is 196 g/mol. The van der Waals surface area contributed by atoms with E-state index in [1.165, 1.54) is 0 Å². The topological polar surface area (TPSA) is 34.1 Å². The van der Waals surface area contributed by atoms with Gasteiger partial charge in [-0.2, -0.15) is 0 Å². The first-order valence-electron chi connectivity index (χ1n) is 4.88. The second kappa shape index (κ2) is 11.8. The molecular formula is C12H20O2. The van der Waals surface area contributed by atoms with Gasteiger partial charge in [-0.25, -0.2) is 0 Å². The molecule has 0 aliphatic heterocycles. The number of allylic oxidation sites excluding steroid dienone is 4. The van der Waals surface area contributed by atoms with Gasteiger partial charge in [0, 0.05) is 0 Å². The molecule has 0 bridgehead atoms. The van der Waals surface area contributed by atoms with E-state index in [9.17, 15) is 9.59 Å². The smallest absolute Gasteiger partial charge is 0.152 e. The average Bonchev–Trinajstić information content (AvgIpc) is 2.12. The minimum Gasteiger partial charge on any atom is -0.295 e. The van der Waals surface area contributed by atoms with Crippen LogP contribution < -0.4 is 0 Å². The van der Waals surface area contributed by atoms with E-state index in [1.54, 1.807) is 26.0 Å². The second-order valence-corrected chi connectivity index (χ2v) is 2.84. The third-order valence-corrected chi connectivity index (χ3v) is 1.18. The van der Waals surface area contributed by atoms with Gasteiger partial charge in [0.1, 0.15) is 0 Å². The van der Waals surface area contributed by atoms with Gasteiger partial charge in [-0.1, -0.05) is 26.0 Å². The average molecular weight is 196 g/mol. The number of carbonyl (C=O) groups excluding carboxylic acids is 2. The van der Waals surface area contributed by atoms with E-state index in [2.05, 4.69) is 0 Å². The van der Waals surface area contributed by atoms with Crippen molar-refractivity contribution in [2.75, 3.05) is 0 Å². The molecule has 0 spiro atoms. The lowest BCUT2D eigenvalue weighted by atomic mass is 10.3. The van der Waals surface area contributed by atoms with Gasteiger partial charge < -0.3 is 0 Å². The Morgan fingerprint density at radius 1 is 0.857 bits per heavy atom. The highest BCUT2D eigenvalue weighted by atomic mass is 16.1. The van der Waals surface area contributed by atoms with Crippen LogP contribution in [0.3, 0.4) is 0 Å². The summed E-state index contributed by atoms with van der Waals surface area (Å²) in [7, 11) is 0. The van der Waals surface area contributed by atoms with Crippen LogP contribution in [0.25, 0.3) is 0 Å². The van der Waals surface area contributed by atoms with Gasteiger partial charge in [0.25, 0.3) is 0 Å². The maximum atomic E-state index is 10.1. The van der Waals surface area contributed by atoms with Crippen molar-refractivity contribution in [3.8, 4) is 0 Å². The van der Waals surface area contributed by atoms with Gasteiger partial charge in [-0.3, -0.25) is 9.59 Å². The molecule has 0 rings (SSSR count). The predicted octanol–water partition coefficient (Wildman–Crippen LogP) is 3.08. The molecule has 0 fully saturated rings. The molecular weight excluding hydrogens is 176 g/mol. The summed E-state index contributed by atoms with van der Waals surface area (Å²) in [4.78, 5) is 20.2. The van der Waals surface area contributed by atoms with Crippen LogP contribution in [-0.4, -0.2) is 11.6 Å². The second-order valence-electron chi connectivity index (χ2n) is 2.84. The predicted molar refractivity (Wildman–Crippen MR) is 60.2 cm³/mol. The van der Waals surface area contributed by atoms with Crippen LogP contribution in [0.4, 0.5) is 0 Å². The largest absolute Gasteiger partial charge is 0.295 e. The zero-order chi connectivity index (χ0) is 11.4. The molecule has 0 aromatic carbocycles. The number of hydrogen-bond acceptors (Lipinski definition) is 2. The van der Waals surface area contributed by atoms with Gasteiger partial charge in [0.05, 0.1) is 0 Å². The van der Waals surface area contributed by atoms with E-state index in [0.717, 1.165) is 12.8 Å². The highest BCUT2D eigenvalue weighted by Crippen LogP contribution is 1.79. The maximum Gasteiger partial charge on any atom is 0.152 e. The molecule has 0 atom stereocenters. The van der Waals surface area contributed by atoms with Crippen LogP contribution in [0.2, 0.25) is 0 Å². The van der Waals surface area contributed by atoms with Crippen LogP contribution in [0.15, 0.2) is 24.3 Å². The van der Waals surface area contributed by atoms with Crippen molar-refractivity contribution >= 4 is 11.6 Å². The zero-order valence-electron chi connectivity index (χ0n) is 9.54. The van der Waals surface area contributed by atoms with E-state index in [0.29, 0.717) is 0 Å². The van der Waals surface area contributed by atoms with Gasteiger partial charge in [-0.05, 0) is 38.8 Å². The fourth-order valence-corrected chi connectivity index (χ4v) is 0.568. The Kier molecular flexibility index (Phi) is 12.9. The van der Waals surface area contributed by atoms with Crippen molar-refractivity contribution in [1.29, 1.82) is 0 Å². The van der Waals surface area contributed by atoms with Crippen LogP contribution in [0.1, 0.15) is 40.5 Å². The minimum absolute atomic E-state index is 0.127. The Balaban J connectivity index is 0. The fourth-order valence-electron chi connectivity index (χ4n) is 0.568. The highest BCUT2D eigenvalue weighted by Gasteiger charge is 1.76. The summed E-state index contributed by atoms with van der Waals surface area (Å²) < 4.78 is 0. The van der Waals surface area contributed by atoms with Crippen LogP contribution >= 0.6 is 0 Å². The van der Waals surface area contributed by atoms with Crippen LogP contribution in [0, 0.1) is 0 Å². The summed E-state index contributed by atoms with van der Waals surface area (Å²) in [6.45, 7) is 7.09. The number of hydrogen-bond donors (Lipinski definition) is 0. The summed E-state index contributed by atoms with van der Waals surface area (Å²) >= 11 is 0. The van der Waals surface area contributed by atoms with Crippen molar-refractivity contribution in [3.05, 3.63) is 24.3 Å². The van der Waals surface area contributed by atoms with Gasteiger partial charge in [-0.15, -0.1) is 0 Å². The first kappa shape index (κ1) is 15.3. The molecule has 0 heterocycles. The molecule has 0 saturated heterocycles. The Morgan fingerprint density at radius 2 is 1.14 bits per heavy atom. The highest BCUT2D eigenvalue weighted by molar-refractivity contribution is 5.87. The quantitative estimate of drug-likeness (QED) is 0.647. The molecule has 0 radical (unpaired) electrons. The SMILES string of the molecule is CC/C=C/C(C)=O.CC/C=C/C(C)=O. The van der Waals surface area contributed by atoms with E-state index in [-0.39, 0.29) is 11.6 Å². The molecule has 2 heteroatoms. The Morgan fingerprint density at radius 3 is 1.21 bits per heavy atom. The van der Waals surface area contributed by atoms with Gasteiger partial charge >= 0.3 is 0 Å². The number of ketones is 2. The summed E-state index contributed by atoms with van der Waals surface area (Å²) in [5.74, 6) is 0.253. The minimum atomic E-state index is 0.127. The lowest BCUT2D eigenvalue weighted by molar-refractivity contribution is -0.113. The molecule has 0 aromatic heterocycles. The van der Waals surface area contributed by atoms with Crippen molar-refractivity contribution in [2.24, 2.45) is 0 Å². The van der Waals surface area contributed by atoms with E-state index < -0.39 is 0 Å². The molecule has 0 saturated carbocycles. The van der Waals surface area contributed by atoms with Crippen molar-refractivity contribution in [3.63, 3.8) is 0 Å². The molecule has 80 valence electrons. The normalized spacial score (nSPS) is 10.0. The van der Waals surface area contributed by atoms with Crippen LogP contribution in [0.5, 0.6) is 0 Å². The molecule has 14 heavy (non-hydrogen) atoms. The Labute approximate surface area is 86.7 Å². The number of rotatable bonds is 4. The van der Waals surface area contributed by atoms with Gasteiger partial charge in [0.2, 0.25) is 0 Å². The molecule has 0 unspecified atom stereocenters. The summed E-state index contributed by atoms with van der Waals surface area (Å²) in [5, 5.41) is 0. The van der Waals surface area contributed by atoms with Crippen molar-refractivity contribution in [2.45, 2.75) is 40.5 Å². The fraction of sp³-hybridized carbons (Fsp3) is 0.500. The Hall–Kier alpha value is -1.18. The van der Waals surface area contributed by atoms with E-state index in [4.69, 9.17) is 0 Å². The van der Waals surface area contributed by atoms with Gasteiger partial charge in [0.15, 0.2) is 11.6 Å². The van der Waals surface area contributed by atoms with Crippen molar-refractivity contribution < 1.29 is 9.59 Å². The summed E-state index contributed by atoms with van der Waals surface area (Å²) in [5.41, 5.74) is 0. The standard InChI is InChI=1S/2C6H10O/c2*1-3-4-5-6(2)7/h2*4-5H,3H2,1-2H3/b2*5-4+. The van der Waals surface area contributed by atoms with E-state index >= 15 is 0 Å². The maximum absolute atomic E-state index is 10.1. The zero-order valence-corrected chi connectivity index (χ0v) is 9.54. The summed E-state index contributed by atoms with van der Waals surface area (Å²) in [6, 6.07) is 0. The third kappa shape index (κ3) is 22.4. The molecule has 0 aliphatic carbocycles. The first-order chi connectivity index (χ1) is 6.54. The first-order valence-corrected chi connectivity index (χ1v) is 4.88. The lowest BCUT2D eigenvalue weighted by Gasteiger charge is -1.73. The molecule has 0 N–H and O–H groups in total.